The summed E-state index contributed by atoms with van der Waals surface area (Å²) in [6.45, 7) is 10.9. The van der Waals surface area contributed by atoms with E-state index in [-0.39, 0.29) is 5.04 Å². The van der Waals surface area contributed by atoms with E-state index in [9.17, 15) is 4.79 Å². The van der Waals surface area contributed by atoms with E-state index in [0.717, 1.165) is 5.56 Å². The van der Waals surface area contributed by atoms with Crippen molar-refractivity contribution < 1.29 is 9.53 Å². The molecule has 0 aliphatic carbocycles. The number of carbonyl (C=O) groups excluding carboxylic acids is 1. The Morgan fingerprint density at radius 2 is 1.78 bits per heavy atom. The highest BCUT2D eigenvalue weighted by Crippen LogP contribution is 2.36. The molecule has 0 aromatic heterocycles. The van der Waals surface area contributed by atoms with Crippen molar-refractivity contribution in [3.63, 3.8) is 0 Å². The van der Waals surface area contributed by atoms with E-state index in [0.29, 0.717) is 18.2 Å². The molecule has 0 saturated heterocycles. The molecule has 0 aliphatic rings. The van der Waals surface area contributed by atoms with E-state index in [2.05, 4.69) is 27.3 Å². The van der Waals surface area contributed by atoms with E-state index in [1.54, 1.807) is 6.92 Å². The van der Waals surface area contributed by atoms with Gasteiger partial charge in [-0.3, -0.25) is 0 Å². The summed E-state index contributed by atoms with van der Waals surface area (Å²) >= 11 is 0. The lowest BCUT2D eigenvalue weighted by atomic mass is 10.2. The highest BCUT2D eigenvalue weighted by molar-refractivity contribution is 7.06. The van der Waals surface area contributed by atoms with Crippen LogP contribution < -0.4 is 0 Å². The Morgan fingerprint density at radius 3 is 2.22 bits per heavy atom. The summed E-state index contributed by atoms with van der Waals surface area (Å²) < 4.78 is 5.81. The highest BCUT2D eigenvalue weighted by Gasteiger charge is 2.44. The Morgan fingerprint density at radius 1 is 1.22 bits per heavy atom. The molecule has 1 rings (SSSR count). The molecule has 1 aromatic rings. The van der Waals surface area contributed by atoms with Gasteiger partial charge in [0.1, 0.15) is 5.41 Å². The van der Waals surface area contributed by atoms with Crippen LogP contribution in [0.3, 0.4) is 0 Å². The van der Waals surface area contributed by atoms with Gasteiger partial charge in [-0.15, -0.1) is 0 Å². The lowest BCUT2D eigenvalue weighted by molar-refractivity contribution is -0.111. The van der Waals surface area contributed by atoms with Gasteiger partial charge in [-0.25, -0.2) is 0 Å². The van der Waals surface area contributed by atoms with Crippen LogP contribution in [0.25, 0.3) is 0 Å². The van der Waals surface area contributed by atoms with Crippen molar-refractivity contribution in [3.05, 3.63) is 35.9 Å². The molecule has 0 heterocycles. The third-order valence-electron chi connectivity index (χ3n) is 3.93. The molecule has 0 spiro atoms. The van der Waals surface area contributed by atoms with Crippen LogP contribution in [0.5, 0.6) is 0 Å². The Bertz CT molecular complexity index is 395. The molecule has 0 radical (unpaired) electrons. The van der Waals surface area contributed by atoms with E-state index in [1.165, 1.54) is 0 Å². The molecule has 0 amide bonds. The molecular formula is C15H24O2Si. The van der Waals surface area contributed by atoms with Crippen molar-refractivity contribution >= 4 is 13.5 Å². The van der Waals surface area contributed by atoms with Gasteiger partial charge in [-0.2, -0.15) is 0 Å². The summed E-state index contributed by atoms with van der Waals surface area (Å²) in [6.07, 6.45) is 0.598. The van der Waals surface area contributed by atoms with Gasteiger partial charge in [-0.1, -0.05) is 57.7 Å². The molecule has 1 atom stereocenters. The van der Waals surface area contributed by atoms with Gasteiger partial charge >= 0.3 is 0 Å². The Labute approximate surface area is 111 Å². The van der Waals surface area contributed by atoms with Crippen molar-refractivity contribution in [2.24, 2.45) is 0 Å². The van der Waals surface area contributed by atoms with E-state index in [4.69, 9.17) is 4.74 Å². The van der Waals surface area contributed by atoms with E-state index < -0.39 is 8.07 Å². The molecule has 3 heteroatoms. The van der Waals surface area contributed by atoms with Crippen LogP contribution in [0.1, 0.15) is 33.3 Å². The predicted octanol–water partition coefficient (Wildman–Crippen LogP) is 3.75. The van der Waals surface area contributed by atoms with Gasteiger partial charge in [0.2, 0.25) is 0 Å². The van der Waals surface area contributed by atoms with Gasteiger partial charge < -0.3 is 9.53 Å². The second-order valence-electron chi connectivity index (χ2n) is 6.12. The van der Waals surface area contributed by atoms with Gasteiger partial charge in [0, 0.05) is 6.23 Å². The molecule has 100 valence electrons. The maximum Gasteiger partial charge on any atom is 0.162 e. The quantitative estimate of drug-likeness (QED) is 0.757. The highest BCUT2D eigenvalue weighted by atomic mass is 28.3. The first-order valence-corrected chi connectivity index (χ1v) is 9.11. The number of ether oxygens (including phenoxy) is 1. The van der Waals surface area contributed by atoms with Crippen LogP contribution in [0.4, 0.5) is 0 Å². The Kier molecular flexibility index (Phi) is 4.88. The van der Waals surface area contributed by atoms with Crippen LogP contribution in [0.15, 0.2) is 30.3 Å². The molecule has 0 aliphatic heterocycles. The van der Waals surface area contributed by atoms with Crippen LogP contribution in [0.2, 0.25) is 11.6 Å². The molecule has 2 nitrogen and oxygen atoms in total. The SMILES string of the molecule is CC(=O)[Si@](C)(COCc1ccccc1)C(C)(C)C. The first-order chi connectivity index (χ1) is 8.27. The zero-order valence-corrected chi connectivity index (χ0v) is 13.1. The van der Waals surface area contributed by atoms with Crippen LogP contribution in [-0.2, 0) is 16.1 Å². The van der Waals surface area contributed by atoms with Gasteiger partial charge in [0.25, 0.3) is 0 Å². The minimum atomic E-state index is -2.04. The number of benzene rings is 1. The molecule has 1 aromatic carbocycles. The van der Waals surface area contributed by atoms with Crippen LogP contribution >= 0.6 is 0 Å². The molecule has 18 heavy (non-hydrogen) atoms. The fraction of sp³-hybridized carbons (Fsp3) is 0.533. The monoisotopic (exact) mass is 264 g/mol. The average molecular weight is 264 g/mol. The lowest BCUT2D eigenvalue weighted by Crippen LogP contribution is -2.52. The van der Waals surface area contributed by atoms with Gasteiger partial charge in [0.15, 0.2) is 8.07 Å². The molecule has 0 fully saturated rings. The predicted molar refractivity (Wildman–Crippen MR) is 78.1 cm³/mol. The fourth-order valence-electron chi connectivity index (χ4n) is 1.79. The van der Waals surface area contributed by atoms with Crippen LogP contribution in [-0.4, -0.2) is 19.7 Å². The zero-order chi connectivity index (χ0) is 13.8. The Balaban J connectivity index is 2.62. The van der Waals surface area contributed by atoms with Crippen molar-refractivity contribution in [3.8, 4) is 0 Å². The van der Waals surface area contributed by atoms with Crippen molar-refractivity contribution in [1.29, 1.82) is 0 Å². The van der Waals surface area contributed by atoms with Gasteiger partial charge in [0.05, 0.1) is 6.61 Å². The van der Waals surface area contributed by atoms with Crippen molar-refractivity contribution in [2.75, 3.05) is 6.23 Å². The van der Waals surface area contributed by atoms with E-state index in [1.807, 2.05) is 30.3 Å². The first-order valence-electron chi connectivity index (χ1n) is 6.40. The minimum absolute atomic E-state index is 0.0372. The second kappa shape index (κ2) is 5.80. The average Bonchev–Trinajstić information content (AvgIpc) is 2.28. The molecular weight excluding hydrogens is 240 g/mol. The number of hydrogen-bond donors (Lipinski definition) is 0. The number of hydrogen-bond acceptors (Lipinski definition) is 2. The molecule has 0 saturated carbocycles. The zero-order valence-electron chi connectivity index (χ0n) is 12.1. The first kappa shape index (κ1) is 15.1. The fourth-order valence-corrected chi connectivity index (χ4v) is 4.00. The molecule has 0 unspecified atom stereocenters. The maximum absolute atomic E-state index is 11.9. The minimum Gasteiger partial charge on any atom is -0.379 e. The van der Waals surface area contributed by atoms with Crippen LogP contribution in [0, 0.1) is 0 Å². The number of carbonyl (C=O) groups is 1. The standard InChI is InChI=1S/C15H24O2Si/c1-13(16)18(5,15(2,3)4)12-17-11-14-9-7-6-8-10-14/h6-10H,11-12H2,1-5H3/t18-/m0/s1. The summed E-state index contributed by atoms with van der Waals surface area (Å²) in [4.78, 5) is 11.9. The summed E-state index contributed by atoms with van der Waals surface area (Å²) in [5.41, 5.74) is 1.16. The smallest absolute Gasteiger partial charge is 0.162 e. The maximum atomic E-state index is 11.9. The van der Waals surface area contributed by atoms with E-state index >= 15 is 0 Å². The summed E-state index contributed by atoms with van der Waals surface area (Å²) in [7, 11) is -2.04. The normalized spacial score (nSPS) is 15.2. The summed E-state index contributed by atoms with van der Waals surface area (Å²) in [5, 5.41) is 0.360. The topological polar surface area (TPSA) is 26.3 Å². The largest absolute Gasteiger partial charge is 0.379 e. The second-order valence-corrected chi connectivity index (χ2v) is 11.3. The molecule has 0 N–H and O–H groups in total. The summed E-state index contributed by atoms with van der Waals surface area (Å²) in [6, 6.07) is 10.1. The van der Waals surface area contributed by atoms with Gasteiger partial charge in [-0.05, 0) is 17.5 Å². The van der Waals surface area contributed by atoms with Crippen molar-refractivity contribution in [1.82, 2.24) is 0 Å². The third kappa shape index (κ3) is 3.53. The summed E-state index contributed by atoms with van der Waals surface area (Å²) in [5.74, 6) is 0. The molecule has 0 bridgehead atoms. The Hall–Kier alpha value is -0.933. The number of rotatable bonds is 5. The van der Waals surface area contributed by atoms with Crippen molar-refractivity contribution in [2.45, 2.75) is 45.9 Å². The third-order valence-corrected chi connectivity index (χ3v) is 9.58. The lowest BCUT2D eigenvalue weighted by Gasteiger charge is -2.37.